The number of rotatable bonds is 14. The molecule has 0 spiro atoms. The summed E-state index contributed by atoms with van der Waals surface area (Å²) >= 11 is 0. The fourth-order valence-corrected chi connectivity index (χ4v) is 7.61. The molecule has 2 aliphatic rings. The number of unbranched alkanes of at least 4 members (excludes halogenated alkanes) is 7. The van der Waals surface area contributed by atoms with E-state index in [2.05, 4.69) is 31.2 Å². The predicted octanol–water partition coefficient (Wildman–Crippen LogP) is 10.7. The van der Waals surface area contributed by atoms with Gasteiger partial charge in [0, 0.05) is 5.41 Å². The fraction of sp³-hybridized carbons (Fsp3) is 0.667. The Morgan fingerprint density at radius 2 is 0.921 bits per heavy atom. The van der Waals surface area contributed by atoms with Crippen LogP contribution >= 0.6 is 0 Å². The lowest BCUT2D eigenvalue weighted by Gasteiger charge is -2.42. The van der Waals surface area contributed by atoms with E-state index >= 15 is 0 Å². The zero-order valence-corrected chi connectivity index (χ0v) is 24.2. The van der Waals surface area contributed by atoms with Gasteiger partial charge in [0.2, 0.25) is 0 Å². The topological polar surface area (TPSA) is 40.5 Å². The molecule has 2 fully saturated rings. The van der Waals surface area contributed by atoms with E-state index in [1.54, 1.807) is 0 Å². The number of hydrogen-bond acceptors (Lipinski definition) is 2. The second-order valence-corrected chi connectivity index (χ2v) is 12.8. The summed E-state index contributed by atoms with van der Waals surface area (Å²) in [5, 5.41) is 19.7. The molecule has 0 aromatic heterocycles. The van der Waals surface area contributed by atoms with Crippen molar-refractivity contribution in [3.63, 3.8) is 0 Å². The van der Waals surface area contributed by atoms with Crippen molar-refractivity contribution in [2.45, 2.75) is 134 Å². The van der Waals surface area contributed by atoms with E-state index in [4.69, 9.17) is 0 Å². The molecule has 2 heteroatoms. The monoisotopic (exact) mass is 518 g/mol. The van der Waals surface area contributed by atoms with Gasteiger partial charge in [0.1, 0.15) is 11.5 Å². The molecule has 2 nitrogen and oxygen atoms in total. The number of hydrogen-bond donors (Lipinski definition) is 2. The van der Waals surface area contributed by atoms with Crippen molar-refractivity contribution in [1.29, 1.82) is 0 Å². The Morgan fingerprint density at radius 1 is 0.526 bits per heavy atom. The van der Waals surface area contributed by atoms with Gasteiger partial charge in [-0.05, 0) is 78.8 Å². The first-order valence-electron chi connectivity index (χ1n) is 16.2. The van der Waals surface area contributed by atoms with Gasteiger partial charge in [0.05, 0.1) is 0 Å². The van der Waals surface area contributed by atoms with Crippen molar-refractivity contribution in [3.05, 3.63) is 59.7 Å². The van der Waals surface area contributed by atoms with Crippen molar-refractivity contribution in [2.75, 3.05) is 0 Å². The Hall–Kier alpha value is -1.96. The Bertz CT molecular complexity index is 852. The first kappa shape index (κ1) is 29.0. The maximum atomic E-state index is 9.86. The molecular weight excluding hydrogens is 464 g/mol. The van der Waals surface area contributed by atoms with Gasteiger partial charge in [0.15, 0.2) is 0 Å². The normalized spacial score (nSPS) is 21.9. The fourth-order valence-electron chi connectivity index (χ4n) is 7.61. The molecule has 2 aromatic carbocycles. The SMILES string of the molecule is CCCCCCCCCCC1CCC(CCC2CCC(c3ccc(O)cc3)(c3ccc(O)cc3)CC2)CC1. The largest absolute Gasteiger partial charge is 0.508 e. The molecule has 0 unspecified atom stereocenters. The van der Waals surface area contributed by atoms with Crippen molar-refractivity contribution in [1.82, 2.24) is 0 Å². The Kier molecular flexibility index (Phi) is 11.5. The van der Waals surface area contributed by atoms with Crippen molar-refractivity contribution in [2.24, 2.45) is 17.8 Å². The number of phenolic OH excluding ortho intramolecular Hbond substituents is 2. The summed E-state index contributed by atoms with van der Waals surface area (Å²) in [6.45, 7) is 2.30. The minimum atomic E-state index is -0.00847. The molecule has 0 saturated heterocycles. The molecule has 2 aliphatic carbocycles. The summed E-state index contributed by atoms with van der Waals surface area (Å²) in [7, 11) is 0. The smallest absolute Gasteiger partial charge is 0.115 e. The van der Waals surface area contributed by atoms with Crippen LogP contribution in [0.3, 0.4) is 0 Å². The van der Waals surface area contributed by atoms with Crippen LogP contribution in [0.4, 0.5) is 0 Å². The van der Waals surface area contributed by atoms with Crippen LogP contribution in [0, 0.1) is 17.8 Å². The number of phenols is 2. The third-order valence-electron chi connectivity index (χ3n) is 10.2. The second-order valence-electron chi connectivity index (χ2n) is 12.8. The van der Waals surface area contributed by atoms with Crippen molar-refractivity contribution < 1.29 is 10.2 Å². The van der Waals surface area contributed by atoms with E-state index in [1.807, 2.05) is 24.3 Å². The van der Waals surface area contributed by atoms with Gasteiger partial charge in [-0.15, -0.1) is 0 Å². The predicted molar refractivity (Wildman–Crippen MR) is 161 cm³/mol. The van der Waals surface area contributed by atoms with E-state index in [-0.39, 0.29) is 5.41 Å². The second kappa shape index (κ2) is 15.0. The van der Waals surface area contributed by atoms with Gasteiger partial charge in [-0.3, -0.25) is 0 Å². The van der Waals surface area contributed by atoms with Gasteiger partial charge in [0.25, 0.3) is 0 Å². The molecule has 4 rings (SSSR count). The molecule has 0 bridgehead atoms. The van der Waals surface area contributed by atoms with Gasteiger partial charge in [-0.1, -0.05) is 128 Å². The van der Waals surface area contributed by atoms with Crippen LogP contribution in [0.1, 0.15) is 140 Å². The zero-order valence-electron chi connectivity index (χ0n) is 24.2. The molecular formula is C36H54O2. The molecule has 2 aromatic rings. The van der Waals surface area contributed by atoms with Gasteiger partial charge < -0.3 is 10.2 Å². The molecule has 210 valence electrons. The lowest BCUT2D eigenvalue weighted by Crippen LogP contribution is -2.33. The average Bonchev–Trinajstić information content (AvgIpc) is 2.95. The first-order chi connectivity index (χ1) is 18.6. The van der Waals surface area contributed by atoms with E-state index < -0.39 is 0 Å². The quantitative estimate of drug-likeness (QED) is 0.244. The number of aromatic hydroxyl groups is 2. The van der Waals surface area contributed by atoms with Crippen LogP contribution in [-0.4, -0.2) is 10.2 Å². The highest BCUT2D eigenvalue weighted by atomic mass is 16.3. The summed E-state index contributed by atoms with van der Waals surface area (Å²) in [6, 6.07) is 15.7. The standard InChI is InChI=1S/C36H54O2/c1-2-3-4-5-6-7-8-9-10-29-11-13-30(14-12-29)15-16-31-25-27-36(28-26-31,32-17-21-34(37)22-18-32)33-19-23-35(38)24-20-33/h17-24,29-31,37-38H,2-16,25-28H2,1H3. The summed E-state index contributed by atoms with van der Waals surface area (Å²) in [4.78, 5) is 0. The zero-order chi connectivity index (χ0) is 26.6. The van der Waals surface area contributed by atoms with Gasteiger partial charge >= 0.3 is 0 Å². The lowest BCUT2D eigenvalue weighted by atomic mass is 9.62. The minimum Gasteiger partial charge on any atom is -0.508 e. The summed E-state index contributed by atoms with van der Waals surface area (Å²) < 4.78 is 0. The van der Waals surface area contributed by atoms with Crippen LogP contribution in [-0.2, 0) is 5.41 Å². The Labute approximate surface area is 233 Å². The van der Waals surface area contributed by atoms with Gasteiger partial charge in [-0.2, -0.15) is 0 Å². The lowest BCUT2D eigenvalue weighted by molar-refractivity contribution is 0.208. The van der Waals surface area contributed by atoms with Crippen LogP contribution in [0.5, 0.6) is 11.5 Å². The summed E-state index contributed by atoms with van der Waals surface area (Å²) in [6.07, 6.45) is 26.6. The molecule has 2 saturated carbocycles. The maximum Gasteiger partial charge on any atom is 0.115 e. The third kappa shape index (κ3) is 8.27. The Morgan fingerprint density at radius 3 is 1.39 bits per heavy atom. The van der Waals surface area contributed by atoms with E-state index in [0.29, 0.717) is 11.5 Å². The summed E-state index contributed by atoms with van der Waals surface area (Å²) in [5.41, 5.74) is 2.59. The van der Waals surface area contributed by atoms with Crippen LogP contribution in [0.25, 0.3) is 0 Å². The van der Waals surface area contributed by atoms with Crippen molar-refractivity contribution in [3.8, 4) is 11.5 Å². The van der Waals surface area contributed by atoms with Crippen LogP contribution < -0.4 is 0 Å². The van der Waals surface area contributed by atoms with Crippen LogP contribution in [0.15, 0.2) is 48.5 Å². The molecule has 0 heterocycles. The highest BCUT2D eigenvalue weighted by Gasteiger charge is 2.38. The summed E-state index contributed by atoms with van der Waals surface area (Å²) in [5.74, 6) is 3.47. The molecule has 38 heavy (non-hydrogen) atoms. The molecule has 0 aliphatic heterocycles. The average molecular weight is 519 g/mol. The van der Waals surface area contributed by atoms with Crippen molar-refractivity contribution >= 4 is 0 Å². The van der Waals surface area contributed by atoms with E-state index in [0.717, 1.165) is 30.6 Å². The highest BCUT2D eigenvalue weighted by Crippen LogP contribution is 2.48. The highest BCUT2D eigenvalue weighted by molar-refractivity contribution is 5.43. The first-order valence-corrected chi connectivity index (χ1v) is 16.2. The number of benzene rings is 2. The molecule has 0 amide bonds. The van der Waals surface area contributed by atoms with Crippen LogP contribution in [0.2, 0.25) is 0 Å². The molecule has 0 radical (unpaired) electrons. The maximum absolute atomic E-state index is 9.86. The molecule has 2 N–H and O–H groups in total. The molecule has 0 atom stereocenters. The van der Waals surface area contributed by atoms with E-state index in [1.165, 1.54) is 120 Å². The third-order valence-corrected chi connectivity index (χ3v) is 10.2. The minimum absolute atomic E-state index is 0.00847. The van der Waals surface area contributed by atoms with E-state index in [9.17, 15) is 10.2 Å². The van der Waals surface area contributed by atoms with Gasteiger partial charge in [-0.25, -0.2) is 0 Å². The Balaban J connectivity index is 1.17.